The summed E-state index contributed by atoms with van der Waals surface area (Å²) in [5.74, 6) is 0. The van der Waals surface area contributed by atoms with Gasteiger partial charge in [-0.3, -0.25) is 9.97 Å². The van der Waals surface area contributed by atoms with E-state index in [9.17, 15) is 0 Å². The average Bonchev–Trinajstić information content (AvgIpc) is 3.10. The maximum absolute atomic E-state index is 4.41. The largest absolute Gasteiger partial charge is 0.326 e. The van der Waals surface area contributed by atoms with Gasteiger partial charge < -0.3 is 4.57 Å². The van der Waals surface area contributed by atoms with Crippen LogP contribution in [0.4, 0.5) is 0 Å². The minimum atomic E-state index is 0.0788. The molecule has 0 aliphatic carbocycles. The molecule has 0 bridgehead atoms. The third-order valence-electron chi connectivity index (χ3n) is 3.75. The molecule has 0 radical (unpaired) electrons. The maximum atomic E-state index is 4.41. The number of rotatable bonds is 3. The summed E-state index contributed by atoms with van der Waals surface area (Å²) in [5, 5.41) is 0. The molecule has 4 heteroatoms. The van der Waals surface area contributed by atoms with Crippen LogP contribution in [0.5, 0.6) is 0 Å². The summed E-state index contributed by atoms with van der Waals surface area (Å²) >= 11 is 0. The van der Waals surface area contributed by atoms with E-state index in [0.717, 1.165) is 16.6 Å². The molecular weight excluding hydrogens is 272 g/mol. The fourth-order valence-corrected chi connectivity index (χ4v) is 2.74. The van der Waals surface area contributed by atoms with Crippen LogP contribution in [0.1, 0.15) is 17.2 Å². The van der Waals surface area contributed by atoms with Crippen molar-refractivity contribution in [3.8, 4) is 0 Å². The molecule has 0 N–H and O–H groups in total. The highest BCUT2D eigenvalue weighted by Gasteiger charge is 2.16. The number of fused-ring (bicyclic) bond motifs is 1. The lowest BCUT2D eigenvalue weighted by Crippen LogP contribution is -2.10. The number of nitrogens with zero attached hydrogens (tertiary/aromatic N) is 4. The van der Waals surface area contributed by atoms with Gasteiger partial charge in [0.05, 0.1) is 23.4 Å². The molecule has 0 fully saturated rings. The van der Waals surface area contributed by atoms with Crippen molar-refractivity contribution < 1.29 is 0 Å². The van der Waals surface area contributed by atoms with E-state index in [2.05, 4.69) is 55.9 Å². The molecule has 4 rings (SSSR count). The Hall–Kier alpha value is -3.01. The van der Waals surface area contributed by atoms with E-state index >= 15 is 0 Å². The van der Waals surface area contributed by atoms with Crippen LogP contribution in [-0.2, 0) is 0 Å². The molecule has 0 spiro atoms. The summed E-state index contributed by atoms with van der Waals surface area (Å²) in [4.78, 5) is 12.9. The van der Waals surface area contributed by atoms with E-state index in [1.54, 1.807) is 18.6 Å². The zero-order valence-corrected chi connectivity index (χ0v) is 11.9. The van der Waals surface area contributed by atoms with E-state index in [1.807, 2.05) is 24.7 Å². The second-order valence-electron chi connectivity index (χ2n) is 5.13. The monoisotopic (exact) mass is 286 g/mol. The third kappa shape index (κ3) is 2.24. The number of hydrogen-bond acceptors (Lipinski definition) is 3. The van der Waals surface area contributed by atoms with Crippen molar-refractivity contribution >= 4 is 11.0 Å². The van der Waals surface area contributed by atoms with Crippen molar-refractivity contribution in [2.24, 2.45) is 0 Å². The summed E-state index contributed by atoms with van der Waals surface area (Å²) in [7, 11) is 0. The molecule has 2 aromatic heterocycles. The third-order valence-corrected chi connectivity index (χ3v) is 3.75. The average molecular weight is 286 g/mol. The Kier molecular flexibility index (Phi) is 3.12. The van der Waals surface area contributed by atoms with Gasteiger partial charge in [0.15, 0.2) is 0 Å². The molecule has 1 atom stereocenters. The fourth-order valence-electron chi connectivity index (χ4n) is 2.74. The first kappa shape index (κ1) is 12.7. The van der Waals surface area contributed by atoms with Crippen LogP contribution < -0.4 is 0 Å². The van der Waals surface area contributed by atoms with Crippen LogP contribution in [0, 0.1) is 0 Å². The van der Waals surface area contributed by atoms with Gasteiger partial charge >= 0.3 is 0 Å². The molecule has 4 nitrogen and oxygen atoms in total. The Labute approximate surface area is 128 Å². The van der Waals surface area contributed by atoms with Crippen LogP contribution in [0.2, 0.25) is 0 Å². The first-order chi connectivity index (χ1) is 10.9. The molecule has 22 heavy (non-hydrogen) atoms. The minimum absolute atomic E-state index is 0.0788. The van der Waals surface area contributed by atoms with Crippen LogP contribution in [0.3, 0.4) is 0 Å². The van der Waals surface area contributed by atoms with E-state index < -0.39 is 0 Å². The van der Waals surface area contributed by atoms with Crippen LogP contribution in [-0.4, -0.2) is 19.5 Å². The molecule has 0 aliphatic heterocycles. The molecule has 0 amide bonds. The molecule has 1 unspecified atom stereocenters. The van der Waals surface area contributed by atoms with Crippen molar-refractivity contribution in [2.45, 2.75) is 6.04 Å². The molecular formula is C18H14N4. The molecule has 0 saturated carbocycles. The van der Waals surface area contributed by atoms with Gasteiger partial charge in [0.25, 0.3) is 0 Å². The lowest BCUT2D eigenvalue weighted by molar-refractivity contribution is 0.677. The number of hydrogen-bond donors (Lipinski definition) is 0. The first-order valence-corrected chi connectivity index (χ1v) is 7.15. The van der Waals surface area contributed by atoms with Crippen LogP contribution in [0.15, 0.2) is 79.6 Å². The van der Waals surface area contributed by atoms with E-state index in [-0.39, 0.29) is 6.04 Å². The molecule has 0 aliphatic rings. The Bertz CT molecular complexity index is 885. The number of aromatic nitrogens is 4. The standard InChI is InChI=1S/C18H14N4/c1-2-4-14(5-3-1)18(22-11-10-19-13-22)15-6-7-16-17(12-15)21-9-8-20-16/h1-13,18H. The number of imidazole rings is 1. The van der Waals surface area contributed by atoms with E-state index in [1.165, 1.54) is 5.56 Å². The Morgan fingerprint density at radius 3 is 2.36 bits per heavy atom. The van der Waals surface area contributed by atoms with Crippen molar-refractivity contribution in [1.29, 1.82) is 0 Å². The highest BCUT2D eigenvalue weighted by molar-refractivity contribution is 5.74. The van der Waals surface area contributed by atoms with E-state index in [0.29, 0.717) is 0 Å². The van der Waals surface area contributed by atoms with Gasteiger partial charge in [0, 0.05) is 24.8 Å². The van der Waals surface area contributed by atoms with Crippen molar-refractivity contribution in [3.63, 3.8) is 0 Å². The first-order valence-electron chi connectivity index (χ1n) is 7.15. The van der Waals surface area contributed by atoms with Gasteiger partial charge in [0.2, 0.25) is 0 Å². The predicted molar refractivity (Wildman–Crippen MR) is 85.4 cm³/mol. The summed E-state index contributed by atoms with van der Waals surface area (Å²) in [6, 6.07) is 16.7. The second kappa shape index (κ2) is 5.41. The van der Waals surface area contributed by atoms with Crippen molar-refractivity contribution in [1.82, 2.24) is 19.5 Å². The summed E-state index contributed by atoms with van der Waals surface area (Å²) in [5.41, 5.74) is 4.19. The van der Waals surface area contributed by atoms with Gasteiger partial charge in [-0.1, -0.05) is 36.4 Å². The van der Waals surface area contributed by atoms with Gasteiger partial charge in [-0.25, -0.2) is 4.98 Å². The quantitative estimate of drug-likeness (QED) is 0.579. The van der Waals surface area contributed by atoms with Crippen LogP contribution >= 0.6 is 0 Å². The van der Waals surface area contributed by atoms with Gasteiger partial charge in [-0.05, 0) is 23.3 Å². The zero-order chi connectivity index (χ0) is 14.8. The number of benzene rings is 2. The van der Waals surface area contributed by atoms with Gasteiger partial charge in [-0.15, -0.1) is 0 Å². The maximum Gasteiger partial charge on any atom is 0.0954 e. The van der Waals surface area contributed by atoms with Crippen LogP contribution in [0.25, 0.3) is 11.0 Å². The van der Waals surface area contributed by atoms with Crippen molar-refractivity contribution in [3.05, 3.63) is 90.8 Å². The van der Waals surface area contributed by atoms with Gasteiger partial charge in [0.1, 0.15) is 0 Å². The topological polar surface area (TPSA) is 43.6 Å². The summed E-state index contributed by atoms with van der Waals surface area (Å²) in [6.45, 7) is 0. The molecule has 2 heterocycles. The summed E-state index contributed by atoms with van der Waals surface area (Å²) in [6.07, 6.45) is 9.07. The molecule has 2 aromatic carbocycles. The zero-order valence-electron chi connectivity index (χ0n) is 11.9. The molecule has 0 saturated heterocycles. The Balaban J connectivity index is 1.89. The lowest BCUT2D eigenvalue weighted by Gasteiger charge is -2.19. The van der Waals surface area contributed by atoms with Gasteiger partial charge in [-0.2, -0.15) is 0 Å². The molecule has 106 valence electrons. The highest BCUT2D eigenvalue weighted by atomic mass is 15.1. The van der Waals surface area contributed by atoms with Crippen molar-refractivity contribution in [2.75, 3.05) is 0 Å². The van der Waals surface area contributed by atoms with E-state index in [4.69, 9.17) is 0 Å². The smallest absolute Gasteiger partial charge is 0.0954 e. The minimum Gasteiger partial charge on any atom is -0.326 e. The second-order valence-corrected chi connectivity index (χ2v) is 5.13. The SMILES string of the molecule is c1ccc(C(c2ccc3nccnc3c2)n2ccnc2)cc1. The predicted octanol–water partition coefficient (Wildman–Crippen LogP) is 3.46. The highest BCUT2D eigenvalue weighted by Crippen LogP contribution is 2.27. The lowest BCUT2D eigenvalue weighted by atomic mass is 9.98. The summed E-state index contributed by atoms with van der Waals surface area (Å²) < 4.78 is 2.10. The molecule has 4 aromatic rings. The normalized spacial score (nSPS) is 12.4. The Morgan fingerprint density at radius 2 is 1.59 bits per heavy atom. The fraction of sp³-hybridized carbons (Fsp3) is 0.0556. The Morgan fingerprint density at radius 1 is 0.773 bits per heavy atom.